The minimum atomic E-state index is -0.467. The summed E-state index contributed by atoms with van der Waals surface area (Å²) < 4.78 is 5.66. The number of hydrogen-bond acceptors (Lipinski definition) is 6. The number of fused-ring (bicyclic) bond motifs is 1. The number of amides is 1. The first-order valence-electron chi connectivity index (χ1n) is 10.7. The molecule has 7 nitrogen and oxygen atoms in total. The Morgan fingerprint density at radius 1 is 1.17 bits per heavy atom. The third-order valence-electron chi connectivity index (χ3n) is 5.25. The van der Waals surface area contributed by atoms with Crippen LogP contribution in [0.3, 0.4) is 0 Å². The molecule has 2 N–H and O–H groups in total. The predicted molar refractivity (Wildman–Crippen MR) is 119 cm³/mol. The van der Waals surface area contributed by atoms with E-state index in [9.17, 15) is 9.90 Å². The number of carbonyl (C=O) groups excluding carboxylic acids is 1. The number of β-amino-alcohol motifs (C(OH)–C–C–N with tert-alkyl or cyclic N) is 1. The van der Waals surface area contributed by atoms with Crippen LogP contribution in [0.1, 0.15) is 31.1 Å². The lowest BCUT2D eigenvalue weighted by Crippen LogP contribution is -2.50. The molecule has 2 aromatic rings. The van der Waals surface area contributed by atoms with Crippen molar-refractivity contribution in [2.24, 2.45) is 0 Å². The van der Waals surface area contributed by atoms with Gasteiger partial charge < -0.3 is 15.2 Å². The summed E-state index contributed by atoms with van der Waals surface area (Å²) >= 11 is 0. The Bertz CT molecular complexity index is 823. The van der Waals surface area contributed by atoms with Crippen molar-refractivity contribution in [3.05, 3.63) is 42.1 Å². The van der Waals surface area contributed by atoms with Gasteiger partial charge in [-0.1, -0.05) is 12.1 Å². The molecule has 164 valence electrons. The number of pyridine rings is 1. The fourth-order valence-electron chi connectivity index (χ4n) is 3.62. The Kier molecular flexibility index (Phi) is 7.77. The molecule has 3 rings (SSSR count). The standard InChI is InChI=1S/C23H34N4O3/c1-23(2,3)30-17-18(28)16-27-14-12-26(13-15-27)11-10-25-22(29)20-6-4-8-21-19(20)7-5-9-24-21/h4-9,18,28H,10-17H2,1-3H3,(H,25,29)/t18-/m0/s1. The zero-order valence-corrected chi connectivity index (χ0v) is 18.3. The number of aromatic nitrogens is 1. The van der Waals surface area contributed by atoms with Gasteiger partial charge in [-0.25, -0.2) is 0 Å². The van der Waals surface area contributed by atoms with Crippen LogP contribution in [0.5, 0.6) is 0 Å². The van der Waals surface area contributed by atoms with Crippen LogP contribution in [0.2, 0.25) is 0 Å². The van der Waals surface area contributed by atoms with E-state index in [4.69, 9.17) is 4.74 Å². The summed E-state index contributed by atoms with van der Waals surface area (Å²) in [7, 11) is 0. The Balaban J connectivity index is 1.37. The number of benzene rings is 1. The molecule has 1 atom stereocenters. The molecule has 1 aromatic carbocycles. The van der Waals surface area contributed by atoms with Gasteiger partial charge in [-0.05, 0) is 39.0 Å². The molecule has 0 unspecified atom stereocenters. The first kappa shape index (κ1) is 22.6. The number of piperazine rings is 1. The Morgan fingerprint density at radius 3 is 2.63 bits per heavy atom. The van der Waals surface area contributed by atoms with E-state index < -0.39 is 6.10 Å². The Morgan fingerprint density at radius 2 is 1.90 bits per heavy atom. The molecule has 0 spiro atoms. The van der Waals surface area contributed by atoms with Crippen LogP contribution < -0.4 is 5.32 Å². The lowest BCUT2D eigenvalue weighted by molar-refractivity contribution is -0.0585. The van der Waals surface area contributed by atoms with Crippen molar-refractivity contribution >= 4 is 16.8 Å². The van der Waals surface area contributed by atoms with Crippen LogP contribution in [0.25, 0.3) is 10.9 Å². The number of rotatable bonds is 8. The molecular formula is C23H34N4O3. The van der Waals surface area contributed by atoms with E-state index in [1.165, 1.54) is 0 Å². The maximum atomic E-state index is 12.6. The van der Waals surface area contributed by atoms with E-state index in [1.54, 1.807) is 6.20 Å². The normalized spacial score (nSPS) is 17.2. The van der Waals surface area contributed by atoms with Crippen LogP contribution in [-0.2, 0) is 4.74 Å². The maximum Gasteiger partial charge on any atom is 0.252 e. The highest BCUT2D eigenvalue weighted by molar-refractivity contribution is 6.06. The van der Waals surface area contributed by atoms with Crippen molar-refractivity contribution in [3.63, 3.8) is 0 Å². The van der Waals surface area contributed by atoms with Crippen LogP contribution >= 0.6 is 0 Å². The average molecular weight is 415 g/mol. The van der Waals surface area contributed by atoms with Gasteiger partial charge in [-0.3, -0.25) is 19.6 Å². The molecule has 1 aliphatic rings. The number of aliphatic hydroxyl groups is 1. The van der Waals surface area contributed by atoms with Crippen LogP contribution in [0, 0.1) is 0 Å². The molecule has 7 heteroatoms. The highest BCUT2D eigenvalue weighted by atomic mass is 16.5. The Hall–Kier alpha value is -2.06. The molecule has 0 aliphatic carbocycles. The molecule has 1 fully saturated rings. The average Bonchev–Trinajstić information content (AvgIpc) is 2.72. The largest absolute Gasteiger partial charge is 0.389 e. The van der Waals surface area contributed by atoms with Gasteiger partial charge in [0.25, 0.3) is 5.91 Å². The van der Waals surface area contributed by atoms with Crippen molar-refractivity contribution in [1.82, 2.24) is 20.1 Å². The van der Waals surface area contributed by atoms with E-state index in [0.29, 0.717) is 25.3 Å². The van der Waals surface area contributed by atoms with Gasteiger partial charge in [0.15, 0.2) is 0 Å². The van der Waals surface area contributed by atoms with Gasteiger partial charge in [-0.2, -0.15) is 0 Å². The molecule has 0 bridgehead atoms. The Labute approximate surface area is 179 Å². The molecule has 1 aliphatic heterocycles. The number of nitrogens with zero attached hydrogens (tertiary/aromatic N) is 3. The summed E-state index contributed by atoms with van der Waals surface area (Å²) in [5.41, 5.74) is 1.26. The topological polar surface area (TPSA) is 77.9 Å². The van der Waals surface area contributed by atoms with Gasteiger partial charge in [-0.15, -0.1) is 0 Å². The lowest BCUT2D eigenvalue weighted by atomic mass is 10.1. The quantitative estimate of drug-likeness (QED) is 0.685. The monoisotopic (exact) mass is 414 g/mol. The molecule has 2 heterocycles. The van der Waals surface area contributed by atoms with Gasteiger partial charge in [0.05, 0.1) is 23.8 Å². The third-order valence-corrected chi connectivity index (χ3v) is 5.25. The molecule has 0 saturated carbocycles. The van der Waals surface area contributed by atoms with Crippen molar-refractivity contribution in [2.45, 2.75) is 32.5 Å². The summed E-state index contributed by atoms with van der Waals surface area (Å²) in [6.45, 7) is 12.1. The highest BCUT2D eigenvalue weighted by Gasteiger charge is 2.21. The van der Waals surface area contributed by atoms with Gasteiger partial charge in [0, 0.05) is 63.0 Å². The minimum Gasteiger partial charge on any atom is -0.389 e. The zero-order chi connectivity index (χ0) is 21.6. The third kappa shape index (κ3) is 6.74. The van der Waals surface area contributed by atoms with Crippen molar-refractivity contribution in [3.8, 4) is 0 Å². The van der Waals surface area contributed by atoms with Crippen LogP contribution in [-0.4, -0.2) is 89.9 Å². The van der Waals surface area contributed by atoms with E-state index >= 15 is 0 Å². The predicted octanol–water partition coefficient (Wildman–Crippen LogP) is 1.76. The highest BCUT2D eigenvalue weighted by Crippen LogP contribution is 2.16. The van der Waals surface area contributed by atoms with Gasteiger partial charge in [0.1, 0.15) is 0 Å². The minimum absolute atomic E-state index is 0.0609. The number of ether oxygens (including phenoxy) is 1. The first-order valence-corrected chi connectivity index (χ1v) is 10.7. The number of aliphatic hydroxyl groups excluding tert-OH is 1. The molecule has 1 aromatic heterocycles. The van der Waals surface area contributed by atoms with Gasteiger partial charge >= 0.3 is 0 Å². The van der Waals surface area contributed by atoms with E-state index in [2.05, 4.69) is 20.1 Å². The molecule has 30 heavy (non-hydrogen) atoms. The van der Waals surface area contributed by atoms with E-state index in [0.717, 1.165) is 43.6 Å². The van der Waals surface area contributed by atoms with Crippen molar-refractivity contribution in [1.29, 1.82) is 0 Å². The maximum absolute atomic E-state index is 12.6. The number of nitrogens with one attached hydrogen (secondary N) is 1. The fourth-order valence-corrected chi connectivity index (χ4v) is 3.62. The molecule has 0 radical (unpaired) electrons. The van der Waals surface area contributed by atoms with Crippen molar-refractivity contribution in [2.75, 3.05) is 52.4 Å². The van der Waals surface area contributed by atoms with Crippen LogP contribution in [0.4, 0.5) is 0 Å². The zero-order valence-electron chi connectivity index (χ0n) is 18.3. The molecular weight excluding hydrogens is 380 g/mol. The SMILES string of the molecule is CC(C)(C)OC[C@@H](O)CN1CCN(CCNC(=O)c2cccc3ncccc23)CC1. The molecule has 1 amide bonds. The second-order valence-corrected chi connectivity index (χ2v) is 8.85. The lowest BCUT2D eigenvalue weighted by Gasteiger charge is -2.35. The summed E-state index contributed by atoms with van der Waals surface area (Å²) in [5.74, 6) is -0.0609. The number of hydrogen-bond donors (Lipinski definition) is 2. The summed E-state index contributed by atoms with van der Waals surface area (Å²) in [6, 6.07) is 9.40. The first-order chi connectivity index (χ1) is 14.3. The fraction of sp³-hybridized carbons (Fsp3) is 0.565. The summed E-state index contributed by atoms with van der Waals surface area (Å²) in [6.07, 6.45) is 1.27. The van der Waals surface area contributed by atoms with Crippen LogP contribution in [0.15, 0.2) is 36.5 Å². The second kappa shape index (κ2) is 10.3. The second-order valence-electron chi connectivity index (χ2n) is 8.85. The molecule has 1 saturated heterocycles. The summed E-state index contributed by atoms with van der Waals surface area (Å²) in [4.78, 5) is 21.5. The number of carbonyl (C=O) groups is 1. The van der Waals surface area contributed by atoms with E-state index in [1.807, 2.05) is 51.1 Å². The van der Waals surface area contributed by atoms with Gasteiger partial charge in [0.2, 0.25) is 0 Å². The smallest absolute Gasteiger partial charge is 0.252 e. The summed E-state index contributed by atoms with van der Waals surface area (Å²) in [5, 5.41) is 14.1. The van der Waals surface area contributed by atoms with Crippen molar-refractivity contribution < 1.29 is 14.6 Å². The van der Waals surface area contributed by atoms with E-state index in [-0.39, 0.29) is 11.5 Å².